The van der Waals surface area contributed by atoms with Gasteiger partial charge in [0.1, 0.15) is 66.5 Å². The Morgan fingerprint density at radius 3 is 1.14 bits per heavy atom. The van der Waals surface area contributed by atoms with Gasteiger partial charge in [-0.2, -0.15) is 0 Å². The second kappa shape index (κ2) is 46.2. The van der Waals surface area contributed by atoms with E-state index in [2.05, 4.69) is 69.1 Å². The Bertz CT molecular complexity index is 2440. The molecule has 13 amide bonds. The van der Waals surface area contributed by atoms with Crippen LogP contribution in [0.4, 0.5) is 0 Å². The predicted octanol–water partition coefficient (Wildman–Crippen LogP) is -9.97. The molecule has 37 heteroatoms. The SMILES string of the molecule is CC(=O)N[C@@H](CO)C(=O)N[C@H](C(=O)N[C@@H](CO)C(=O)N[C@@H](CCCNC(=N)N)C(=O)N[C@@H](CCCCN)C(=O)N[C@H](C(=O)N[C@@H](CCCCN)C(=O)N[C@@H](CO)C(=O)NCC(=O)N[C@H](C(=O)N[C@@H](CC(C)C)C(=O)N[C@@H](CCCCN)C(N)=O)[C@@H](C)O)C(C)C)[C@@H](C)O. The molecule has 0 radical (unpaired) electrons. The minimum Gasteiger partial charge on any atom is -0.394 e. The number of aliphatic hydroxyl groups is 5. The molecule has 13 atom stereocenters. The van der Waals surface area contributed by atoms with E-state index in [9.17, 15) is 87.9 Å². The minimum atomic E-state index is -1.84. The summed E-state index contributed by atoms with van der Waals surface area (Å²) in [4.78, 5) is 174. The third-order valence-corrected chi connectivity index (χ3v) is 14.0. The van der Waals surface area contributed by atoms with Crippen LogP contribution in [0.25, 0.3) is 0 Å². The number of hydrogen-bond acceptors (Lipinski definition) is 22. The summed E-state index contributed by atoms with van der Waals surface area (Å²) in [5.41, 5.74) is 27.9. The third kappa shape index (κ3) is 34.0. The molecule has 0 aliphatic rings. The Morgan fingerprint density at radius 1 is 0.387 bits per heavy atom. The van der Waals surface area contributed by atoms with Crippen LogP contribution in [0.5, 0.6) is 0 Å². The highest BCUT2D eigenvalue weighted by Gasteiger charge is 2.37. The average molecular weight is 1330 g/mol. The lowest BCUT2D eigenvalue weighted by Crippen LogP contribution is -2.62. The second-order valence-electron chi connectivity index (χ2n) is 23.1. The smallest absolute Gasteiger partial charge is 0.245 e. The Hall–Kier alpha value is -7.94. The van der Waals surface area contributed by atoms with Crippen molar-refractivity contribution in [2.45, 2.75) is 204 Å². The number of amides is 13. The summed E-state index contributed by atoms with van der Waals surface area (Å²) >= 11 is 0. The molecule has 93 heavy (non-hydrogen) atoms. The van der Waals surface area contributed by atoms with E-state index in [0.717, 1.165) is 13.8 Å². The molecule has 0 aromatic carbocycles. The van der Waals surface area contributed by atoms with Crippen LogP contribution < -0.4 is 97.8 Å². The molecule has 0 heterocycles. The highest BCUT2D eigenvalue weighted by atomic mass is 16.3. The first-order valence-corrected chi connectivity index (χ1v) is 31.0. The standard InChI is InChI=1S/C56H105N19O18/c1-28(2)23-37(50(88)66-33(45(60)83)15-8-11-19-57)70-54(92)43(30(5)79)73-41(82)24-64-46(84)38(25-76)71-48(86)34(16-9-12-20-58)69-53(91)42(29(3)4)74-49(87)35(17-10-13-21-59)67-47(85)36(18-14-22-63-56(61)62)68-51(89)40(27-78)72-55(93)44(31(6)80)75-52(90)39(26-77)65-32(7)81/h28-31,33-40,42-44,76-80H,8-27,57-59H2,1-7H3,(H2,60,83)(H,64,84)(H,65,81)(H,66,88)(H,67,85)(H,68,89)(H,69,91)(H,70,92)(H,71,86)(H,72,93)(H,73,82)(H,74,87)(H,75,90)(H4,61,62,63)/t30-,31-,33+,34+,35+,36+,37+,38+,39+,40+,42+,43+,44+/m1/s1. The maximum atomic E-state index is 14.3. The Kier molecular flexibility index (Phi) is 42.2. The largest absolute Gasteiger partial charge is 0.394 e. The van der Waals surface area contributed by atoms with Crippen molar-refractivity contribution in [2.75, 3.05) is 52.5 Å². The number of rotatable bonds is 48. The van der Waals surface area contributed by atoms with Gasteiger partial charge < -0.3 is 123 Å². The highest BCUT2D eigenvalue weighted by molar-refractivity contribution is 5.99. The van der Waals surface area contributed by atoms with Gasteiger partial charge in [-0.15, -0.1) is 0 Å². The van der Waals surface area contributed by atoms with Crippen molar-refractivity contribution in [1.82, 2.24) is 69.1 Å². The molecule has 37 nitrogen and oxygen atoms in total. The molecule has 0 rings (SSSR count). The van der Waals surface area contributed by atoms with Crippen molar-refractivity contribution >= 4 is 82.8 Å². The lowest BCUT2D eigenvalue weighted by atomic mass is 10.00. The van der Waals surface area contributed by atoms with Crippen LogP contribution in [0.2, 0.25) is 0 Å². The summed E-state index contributed by atoms with van der Waals surface area (Å²) in [5.74, 6) is -14.0. The van der Waals surface area contributed by atoms with Gasteiger partial charge >= 0.3 is 0 Å². The minimum absolute atomic E-state index is 0.00256. The summed E-state index contributed by atoms with van der Waals surface area (Å²) in [7, 11) is 0. The molecule has 0 aromatic rings. The van der Waals surface area contributed by atoms with Crippen LogP contribution in [0.1, 0.15) is 126 Å². The van der Waals surface area contributed by atoms with Gasteiger partial charge in [0.15, 0.2) is 5.96 Å². The van der Waals surface area contributed by atoms with Crippen molar-refractivity contribution in [1.29, 1.82) is 5.41 Å². The van der Waals surface area contributed by atoms with Crippen LogP contribution in [0.15, 0.2) is 0 Å². The summed E-state index contributed by atoms with van der Waals surface area (Å²) < 4.78 is 0. The van der Waals surface area contributed by atoms with E-state index >= 15 is 0 Å². The van der Waals surface area contributed by atoms with Gasteiger partial charge in [0.2, 0.25) is 76.8 Å². The Morgan fingerprint density at radius 2 is 0.720 bits per heavy atom. The number of nitrogens with two attached hydrogens (primary N) is 5. The maximum absolute atomic E-state index is 14.3. The lowest BCUT2D eigenvalue weighted by Gasteiger charge is -2.29. The third-order valence-electron chi connectivity index (χ3n) is 14.0. The molecule has 0 saturated carbocycles. The fourth-order valence-corrected chi connectivity index (χ4v) is 8.87. The topological polar surface area (TPSA) is 633 Å². The van der Waals surface area contributed by atoms with Crippen LogP contribution in [-0.4, -0.2) is 239 Å². The van der Waals surface area contributed by atoms with E-state index in [-0.39, 0.29) is 76.9 Å². The highest BCUT2D eigenvalue weighted by Crippen LogP contribution is 2.12. The van der Waals surface area contributed by atoms with Crippen molar-refractivity contribution in [3.05, 3.63) is 0 Å². The van der Waals surface area contributed by atoms with Crippen molar-refractivity contribution < 1.29 is 87.9 Å². The number of carbonyl (C=O) groups excluding carboxylic acids is 13. The fourth-order valence-electron chi connectivity index (χ4n) is 8.87. The monoisotopic (exact) mass is 1330 g/mol. The number of primary amides is 1. The lowest BCUT2D eigenvalue weighted by molar-refractivity contribution is -0.137. The van der Waals surface area contributed by atoms with Gasteiger partial charge in [-0.05, 0) is 122 Å². The molecular formula is C56H105N19O18. The number of hydrogen-bond donors (Lipinski definition) is 24. The molecule has 0 unspecified atom stereocenters. The molecule has 0 aromatic heterocycles. The molecule has 0 bridgehead atoms. The van der Waals surface area contributed by atoms with Crippen LogP contribution >= 0.6 is 0 Å². The van der Waals surface area contributed by atoms with Gasteiger partial charge in [0.25, 0.3) is 0 Å². The number of guanidine groups is 1. The van der Waals surface area contributed by atoms with Gasteiger partial charge in [-0.25, -0.2) is 0 Å². The van der Waals surface area contributed by atoms with Crippen LogP contribution in [0, 0.1) is 17.2 Å². The number of aliphatic hydroxyl groups excluding tert-OH is 5. The quantitative estimate of drug-likeness (QED) is 0.0153. The van der Waals surface area contributed by atoms with Crippen LogP contribution in [0.3, 0.4) is 0 Å². The average Bonchev–Trinajstić information content (AvgIpc) is 1.06. The number of carbonyl (C=O) groups is 13. The fraction of sp³-hybridized carbons (Fsp3) is 0.750. The molecule has 0 fully saturated rings. The molecule has 0 aliphatic heterocycles. The number of nitrogens with one attached hydrogen (secondary N) is 14. The molecule has 532 valence electrons. The van der Waals surface area contributed by atoms with Gasteiger partial charge in [-0.3, -0.25) is 67.7 Å². The summed E-state index contributed by atoms with van der Waals surface area (Å²) in [6.45, 7) is 6.76. The first-order chi connectivity index (χ1) is 43.7. The van der Waals surface area contributed by atoms with E-state index in [0.29, 0.717) is 32.2 Å². The summed E-state index contributed by atoms with van der Waals surface area (Å²) in [6, 6.07) is -16.8. The van der Waals surface area contributed by atoms with E-state index in [4.69, 9.17) is 34.1 Å². The molecule has 29 N–H and O–H groups in total. The van der Waals surface area contributed by atoms with Gasteiger partial charge in [-0.1, -0.05) is 27.7 Å². The second-order valence-corrected chi connectivity index (χ2v) is 23.1. The van der Waals surface area contributed by atoms with Gasteiger partial charge in [0.05, 0.1) is 38.6 Å². The van der Waals surface area contributed by atoms with Crippen molar-refractivity contribution in [2.24, 2.45) is 40.5 Å². The van der Waals surface area contributed by atoms with E-state index in [1.807, 2.05) is 0 Å². The zero-order valence-electron chi connectivity index (χ0n) is 54.2. The predicted molar refractivity (Wildman–Crippen MR) is 336 cm³/mol. The van der Waals surface area contributed by atoms with Crippen molar-refractivity contribution in [3.63, 3.8) is 0 Å². The Labute approximate surface area is 540 Å². The number of unbranched alkanes of at least 4 members (excludes halogenated alkanes) is 3. The summed E-state index contributed by atoms with van der Waals surface area (Å²) in [6.07, 6.45) is -1.06. The zero-order chi connectivity index (χ0) is 71.1. The molecule has 0 saturated heterocycles. The molecule has 0 aliphatic carbocycles. The van der Waals surface area contributed by atoms with E-state index in [1.165, 1.54) is 6.92 Å². The Balaban J connectivity index is 6.56. The van der Waals surface area contributed by atoms with Crippen LogP contribution in [-0.2, 0) is 62.3 Å². The summed E-state index contributed by atoms with van der Waals surface area (Å²) in [5, 5.41) is 89.5. The van der Waals surface area contributed by atoms with Crippen molar-refractivity contribution in [3.8, 4) is 0 Å². The normalized spacial score (nSPS) is 15.4. The first kappa shape index (κ1) is 85.1. The molecular weight excluding hydrogens is 1230 g/mol. The van der Waals surface area contributed by atoms with Gasteiger partial charge in [0, 0.05) is 13.5 Å². The van der Waals surface area contributed by atoms with E-state index < -0.39 is 194 Å². The molecule has 0 spiro atoms. The maximum Gasteiger partial charge on any atom is 0.245 e. The first-order valence-electron chi connectivity index (χ1n) is 31.0. The zero-order valence-corrected chi connectivity index (χ0v) is 54.2. The van der Waals surface area contributed by atoms with E-state index in [1.54, 1.807) is 27.7 Å².